The van der Waals surface area contributed by atoms with E-state index >= 15 is 0 Å². The van der Waals surface area contributed by atoms with Gasteiger partial charge in [0.15, 0.2) is 0 Å². The number of carbonyl (C=O) groups excluding carboxylic acids is 1. The minimum Gasteiger partial charge on any atom is -0.383 e. The molecule has 1 fully saturated rings. The summed E-state index contributed by atoms with van der Waals surface area (Å²) in [6, 6.07) is 0.846. The first-order chi connectivity index (χ1) is 6.15. The second kappa shape index (κ2) is 4.72. The minimum absolute atomic E-state index is 0.404. The molecule has 0 aromatic heterocycles. The van der Waals surface area contributed by atoms with Gasteiger partial charge in [-0.3, -0.25) is 9.69 Å². The average Bonchev–Trinajstić information content (AvgIpc) is 2.51. The molecule has 0 spiro atoms. The zero-order valence-corrected chi connectivity index (χ0v) is 8.75. The lowest BCUT2D eigenvalue weighted by Gasteiger charge is -2.29. The molecule has 0 bridgehead atoms. The van der Waals surface area contributed by atoms with Crippen LogP contribution in [0.25, 0.3) is 0 Å². The van der Waals surface area contributed by atoms with Gasteiger partial charge in [0.05, 0.1) is 6.61 Å². The molecule has 0 amide bonds. The van der Waals surface area contributed by atoms with Crippen molar-refractivity contribution in [1.29, 1.82) is 0 Å². The molecule has 0 radical (unpaired) electrons. The van der Waals surface area contributed by atoms with Gasteiger partial charge in [-0.15, -0.1) is 0 Å². The van der Waals surface area contributed by atoms with Crippen LogP contribution in [0.3, 0.4) is 0 Å². The minimum atomic E-state index is 0.404. The monoisotopic (exact) mass is 185 g/mol. The van der Waals surface area contributed by atoms with Crippen molar-refractivity contribution in [2.75, 3.05) is 20.8 Å². The van der Waals surface area contributed by atoms with E-state index in [1.54, 1.807) is 7.11 Å². The van der Waals surface area contributed by atoms with E-state index in [2.05, 4.69) is 18.9 Å². The van der Waals surface area contributed by atoms with E-state index < -0.39 is 0 Å². The molecule has 1 aliphatic rings. The van der Waals surface area contributed by atoms with E-state index in [1.807, 2.05) is 0 Å². The van der Waals surface area contributed by atoms with Crippen molar-refractivity contribution in [2.24, 2.45) is 0 Å². The SMILES string of the molecule is COCC(C)N(C)C1CCC(=O)C1. The van der Waals surface area contributed by atoms with Crippen molar-refractivity contribution in [3.63, 3.8) is 0 Å². The maximum atomic E-state index is 11.1. The molecule has 0 aromatic carbocycles. The predicted molar refractivity (Wildman–Crippen MR) is 51.7 cm³/mol. The molecule has 2 unspecified atom stereocenters. The third kappa shape index (κ3) is 2.78. The number of hydrogen-bond donors (Lipinski definition) is 0. The Balaban J connectivity index is 2.38. The van der Waals surface area contributed by atoms with Gasteiger partial charge in [0, 0.05) is 32.0 Å². The Morgan fingerprint density at radius 3 is 2.85 bits per heavy atom. The summed E-state index contributed by atoms with van der Waals surface area (Å²) in [6.45, 7) is 2.87. The van der Waals surface area contributed by atoms with Crippen LogP contribution >= 0.6 is 0 Å². The number of hydrogen-bond acceptors (Lipinski definition) is 3. The van der Waals surface area contributed by atoms with E-state index in [-0.39, 0.29) is 0 Å². The molecule has 0 heterocycles. The van der Waals surface area contributed by atoms with Crippen molar-refractivity contribution in [1.82, 2.24) is 4.90 Å². The van der Waals surface area contributed by atoms with E-state index in [0.29, 0.717) is 17.9 Å². The summed E-state index contributed by atoms with van der Waals surface area (Å²) in [4.78, 5) is 13.3. The van der Waals surface area contributed by atoms with E-state index in [0.717, 1.165) is 25.9 Å². The van der Waals surface area contributed by atoms with Crippen LogP contribution in [0, 0.1) is 0 Å². The summed E-state index contributed by atoms with van der Waals surface area (Å²) in [7, 11) is 3.79. The summed E-state index contributed by atoms with van der Waals surface area (Å²) in [5.74, 6) is 0.404. The summed E-state index contributed by atoms with van der Waals surface area (Å²) in [6.07, 6.45) is 2.50. The Kier molecular flexibility index (Phi) is 3.88. The Morgan fingerprint density at radius 1 is 1.69 bits per heavy atom. The maximum Gasteiger partial charge on any atom is 0.134 e. The summed E-state index contributed by atoms with van der Waals surface area (Å²) >= 11 is 0. The molecule has 3 heteroatoms. The number of ether oxygens (including phenoxy) is 1. The average molecular weight is 185 g/mol. The Labute approximate surface area is 80.1 Å². The number of carbonyl (C=O) groups is 1. The molecule has 0 aliphatic heterocycles. The molecule has 3 nitrogen and oxygen atoms in total. The van der Waals surface area contributed by atoms with Crippen LogP contribution in [0.2, 0.25) is 0 Å². The zero-order chi connectivity index (χ0) is 9.84. The lowest BCUT2D eigenvalue weighted by Crippen LogP contribution is -2.39. The van der Waals surface area contributed by atoms with Crippen LogP contribution in [0.5, 0.6) is 0 Å². The van der Waals surface area contributed by atoms with Gasteiger partial charge >= 0.3 is 0 Å². The van der Waals surface area contributed by atoms with Gasteiger partial charge in [-0.05, 0) is 20.4 Å². The largest absolute Gasteiger partial charge is 0.383 e. The van der Waals surface area contributed by atoms with E-state index in [9.17, 15) is 4.79 Å². The molecule has 0 aromatic rings. The molecule has 1 rings (SSSR count). The highest BCUT2D eigenvalue weighted by Gasteiger charge is 2.27. The molecule has 2 atom stereocenters. The van der Waals surface area contributed by atoms with Gasteiger partial charge in [0.1, 0.15) is 5.78 Å². The van der Waals surface area contributed by atoms with Crippen LogP contribution in [-0.2, 0) is 9.53 Å². The first kappa shape index (κ1) is 10.7. The Hall–Kier alpha value is -0.410. The quantitative estimate of drug-likeness (QED) is 0.656. The van der Waals surface area contributed by atoms with E-state index in [4.69, 9.17) is 4.74 Å². The third-order valence-corrected chi connectivity index (χ3v) is 2.90. The molecule has 13 heavy (non-hydrogen) atoms. The van der Waals surface area contributed by atoms with Gasteiger partial charge in [-0.2, -0.15) is 0 Å². The van der Waals surface area contributed by atoms with Gasteiger partial charge in [0.2, 0.25) is 0 Å². The fraction of sp³-hybridized carbons (Fsp3) is 0.900. The third-order valence-electron chi connectivity index (χ3n) is 2.90. The maximum absolute atomic E-state index is 11.1. The first-order valence-corrected chi connectivity index (χ1v) is 4.87. The standard InChI is InChI=1S/C10H19NO2/c1-8(7-13-3)11(2)9-4-5-10(12)6-9/h8-9H,4-7H2,1-3H3. The fourth-order valence-corrected chi connectivity index (χ4v) is 1.86. The lowest BCUT2D eigenvalue weighted by molar-refractivity contribution is -0.117. The first-order valence-electron chi connectivity index (χ1n) is 4.87. The summed E-state index contributed by atoms with van der Waals surface area (Å²) < 4.78 is 5.08. The molecular weight excluding hydrogens is 166 g/mol. The van der Waals surface area contributed by atoms with Gasteiger partial charge in [0.25, 0.3) is 0 Å². The van der Waals surface area contributed by atoms with Crippen LogP contribution in [0.4, 0.5) is 0 Å². The number of rotatable bonds is 4. The van der Waals surface area contributed by atoms with Gasteiger partial charge in [-0.1, -0.05) is 0 Å². The number of likely N-dealkylation sites (N-methyl/N-ethyl adjacent to an activating group) is 1. The number of nitrogens with zero attached hydrogens (tertiary/aromatic N) is 1. The molecule has 1 aliphatic carbocycles. The molecule has 0 N–H and O–H groups in total. The highest BCUT2D eigenvalue weighted by molar-refractivity contribution is 5.81. The zero-order valence-electron chi connectivity index (χ0n) is 8.75. The van der Waals surface area contributed by atoms with Crippen molar-refractivity contribution in [2.45, 2.75) is 38.3 Å². The molecule has 1 saturated carbocycles. The van der Waals surface area contributed by atoms with Crippen molar-refractivity contribution in [3.05, 3.63) is 0 Å². The topological polar surface area (TPSA) is 29.5 Å². The normalized spacial score (nSPS) is 25.5. The van der Waals surface area contributed by atoms with Crippen LogP contribution in [-0.4, -0.2) is 43.5 Å². The van der Waals surface area contributed by atoms with Crippen LogP contribution < -0.4 is 0 Å². The lowest BCUT2D eigenvalue weighted by atomic mass is 10.2. The van der Waals surface area contributed by atoms with Crippen LogP contribution in [0.15, 0.2) is 0 Å². The van der Waals surface area contributed by atoms with Crippen molar-refractivity contribution in [3.8, 4) is 0 Å². The van der Waals surface area contributed by atoms with Gasteiger partial charge < -0.3 is 4.74 Å². The van der Waals surface area contributed by atoms with Crippen molar-refractivity contribution < 1.29 is 9.53 Å². The van der Waals surface area contributed by atoms with E-state index in [1.165, 1.54) is 0 Å². The predicted octanol–water partition coefficient (Wildman–Crippen LogP) is 1.07. The molecular formula is C10H19NO2. The highest BCUT2D eigenvalue weighted by atomic mass is 16.5. The molecule has 76 valence electrons. The molecule has 0 saturated heterocycles. The summed E-state index contributed by atoms with van der Waals surface area (Å²) in [5.41, 5.74) is 0. The van der Waals surface area contributed by atoms with Crippen molar-refractivity contribution >= 4 is 5.78 Å². The number of Topliss-reactive ketones (excluding diaryl/α,β-unsaturated/α-hetero) is 1. The fourth-order valence-electron chi connectivity index (χ4n) is 1.86. The second-order valence-corrected chi connectivity index (χ2v) is 3.91. The summed E-state index contributed by atoms with van der Waals surface area (Å²) in [5, 5.41) is 0. The number of methoxy groups -OCH3 is 1. The van der Waals surface area contributed by atoms with Crippen LogP contribution in [0.1, 0.15) is 26.2 Å². The highest BCUT2D eigenvalue weighted by Crippen LogP contribution is 2.21. The smallest absolute Gasteiger partial charge is 0.134 e. The Morgan fingerprint density at radius 2 is 2.38 bits per heavy atom. The van der Waals surface area contributed by atoms with Gasteiger partial charge in [-0.25, -0.2) is 0 Å². The second-order valence-electron chi connectivity index (χ2n) is 3.91. The Bertz CT molecular complexity index is 182. The number of ketones is 1.